The number of hydrogen-bond donors (Lipinski definition) is 0. The van der Waals surface area contributed by atoms with Crippen LogP contribution in [0.1, 0.15) is 43.9 Å². The van der Waals surface area contributed by atoms with Crippen molar-refractivity contribution >= 4 is 11.9 Å². The summed E-state index contributed by atoms with van der Waals surface area (Å²) in [5, 5.41) is 0. The molecule has 0 saturated heterocycles. The van der Waals surface area contributed by atoms with Crippen molar-refractivity contribution in [1.29, 1.82) is 0 Å². The van der Waals surface area contributed by atoms with Crippen LogP contribution in [0.2, 0.25) is 0 Å². The zero-order chi connectivity index (χ0) is 25.6. The molecule has 0 radical (unpaired) electrons. The molecule has 1 aliphatic rings. The van der Waals surface area contributed by atoms with E-state index >= 15 is 0 Å². The second kappa shape index (κ2) is 10.9. The highest BCUT2D eigenvalue weighted by molar-refractivity contribution is 5.88. The third kappa shape index (κ3) is 5.26. The Morgan fingerprint density at radius 3 is 1.61 bits per heavy atom. The molecule has 3 aromatic carbocycles. The van der Waals surface area contributed by atoms with Gasteiger partial charge in [-0.2, -0.15) is 0 Å². The molecule has 0 saturated carbocycles. The zero-order valence-corrected chi connectivity index (χ0v) is 21.1. The zero-order valence-electron chi connectivity index (χ0n) is 21.1. The van der Waals surface area contributed by atoms with Crippen LogP contribution in [0.15, 0.2) is 103 Å². The second-order valence-corrected chi connectivity index (χ2v) is 9.97. The summed E-state index contributed by atoms with van der Waals surface area (Å²) in [6.45, 7) is 6.11. The van der Waals surface area contributed by atoms with Crippen molar-refractivity contribution < 1.29 is 19.1 Å². The number of benzene rings is 3. The van der Waals surface area contributed by atoms with E-state index in [4.69, 9.17) is 9.47 Å². The van der Waals surface area contributed by atoms with Gasteiger partial charge < -0.3 is 9.47 Å². The molecule has 0 aromatic heterocycles. The molecule has 0 amide bonds. The number of carbonyl (C=O) groups is 2. The van der Waals surface area contributed by atoms with E-state index in [9.17, 15) is 9.59 Å². The Kier molecular flexibility index (Phi) is 7.70. The fourth-order valence-electron chi connectivity index (χ4n) is 4.69. The van der Waals surface area contributed by atoms with E-state index in [-0.39, 0.29) is 6.79 Å². The lowest BCUT2D eigenvalue weighted by atomic mass is 9.75. The molecule has 1 heterocycles. The van der Waals surface area contributed by atoms with Gasteiger partial charge in [0, 0.05) is 18.7 Å². The molecule has 0 atom stereocenters. The summed E-state index contributed by atoms with van der Waals surface area (Å²) >= 11 is 0. The predicted molar refractivity (Wildman–Crippen MR) is 140 cm³/mol. The molecule has 3 aromatic rings. The molecular weight excluding hydrogens is 450 g/mol. The second-order valence-electron chi connectivity index (χ2n) is 9.97. The van der Waals surface area contributed by atoms with Gasteiger partial charge in [-0.1, -0.05) is 97.1 Å². The molecule has 0 unspecified atom stereocenters. The molecule has 0 bridgehead atoms. The average Bonchev–Trinajstić information content (AvgIpc) is 2.91. The maximum absolute atomic E-state index is 12.7. The topological polar surface area (TPSA) is 55.8 Å². The fourth-order valence-corrected chi connectivity index (χ4v) is 4.69. The highest BCUT2D eigenvalue weighted by Crippen LogP contribution is 2.43. The lowest BCUT2D eigenvalue weighted by Crippen LogP contribution is -2.50. The molecule has 0 spiro atoms. The molecule has 0 fully saturated rings. The Morgan fingerprint density at radius 2 is 1.22 bits per heavy atom. The van der Waals surface area contributed by atoms with E-state index in [0.717, 1.165) is 16.7 Å². The van der Waals surface area contributed by atoms with Gasteiger partial charge in [0.1, 0.15) is 0 Å². The van der Waals surface area contributed by atoms with E-state index in [1.807, 2.05) is 24.3 Å². The van der Waals surface area contributed by atoms with Crippen molar-refractivity contribution in [3.8, 4) is 0 Å². The molecular formula is C31H33NO4. The largest absolute Gasteiger partial charge is 0.427 e. The number of hydrogen-bond acceptors (Lipinski definition) is 5. The average molecular weight is 484 g/mol. The SMILES string of the molecule is CC(C)(C)C(=O)OCOC(=O)C1=CCN(C(c2ccccc2)(c2ccccc2)c2ccccc2)CC1. The highest BCUT2D eigenvalue weighted by atomic mass is 16.7. The lowest BCUT2D eigenvalue weighted by molar-refractivity contribution is -0.171. The van der Waals surface area contributed by atoms with Gasteiger partial charge in [0.15, 0.2) is 0 Å². The van der Waals surface area contributed by atoms with Gasteiger partial charge in [0.25, 0.3) is 0 Å². The standard InChI is InChI=1S/C31H33NO4/c1-30(2,3)29(34)36-23-35-28(33)24-19-21-32(22-20-24)31(25-13-7-4-8-14-25,26-15-9-5-10-16-26)27-17-11-6-12-18-27/h4-19H,20-23H2,1-3H3. The molecule has 4 rings (SSSR count). The Hall–Kier alpha value is -3.70. The minimum absolute atomic E-state index is 0.377. The Balaban J connectivity index is 1.63. The molecule has 36 heavy (non-hydrogen) atoms. The maximum Gasteiger partial charge on any atom is 0.336 e. The van der Waals surface area contributed by atoms with Gasteiger partial charge in [-0.3, -0.25) is 9.69 Å². The van der Waals surface area contributed by atoms with Crippen molar-refractivity contribution in [3.63, 3.8) is 0 Å². The number of esters is 2. The smallest absolute Gasteiger partial charge is 0.336 e. The van der Waals surface area contributed by atoms with Crippen molar-refractivity contribution in [2.45, 2.75) is 32.7 Å². The minimum Gasteiger partial charge on any atom is -0.427 e. The first-order valence-corrected chi connectivity index (χ1v) is 12.3. The van der Waals surface area contributed by atoms with E-state index in [0.29, 0.717) is 25.1 Å². The third-order valence-electron chi connectivity index (χ3n) is 6.51. The first-order valence-electron chi connectivity index (χ1n) is 12.3. The quantitative estimate of drug-likeness (QED) is 0.245. The van der Waals surface area contributed by atoms with E-state index in [2.05, 4.69) is 77.7 Å². The van der Waals surface area contributed by atoms with Crippen molar-refractivity contribution in [1.82, 2.24) is 4.90 Å². The first kappa shape index (κ1) is 25.4. The van der Waals surface area contributed by atoms with Crippen LogP contribution in [0.25, 0.3) is 0 Å². The molecule has 1 aliphatic heterocycles. The van der Waals surface area contributed by atoms with Gasteiger partial charge in [-0.15, -0.1) is 0 Å². The Morgan fingerprint density at radius 1 is 0.750 bits per heavy atom. The minimum atomic E-state index is -0.646. The molecule has 5 heteroatoms. The van der Waals surface area contributed by atoms with Crippen LogP contribution in [0.5, 0.6) is 0 Å². The van der Waals surface area contributed by atoms with Gasteiger partial charge in [0.05, 0.1) is 11.0 Å². The van der Waals surface area contributed by atoms with Crippen LogP contribution in [-0.4, -0.2) is 36.7 Å². The lowest BCUT2D eigenvalue weighted by Gasteiger charge is -2.46. The van der Waals surface area contributed by atoms with E-state index in [1.165, 1.54) is 0 Å². The van der Waals surface area contributed by atoms with Crippen LogP contribution in [0.3, 0.4) is 0 Å². The molecule has 5 nitrogen and oxygen atoms in total. The van der Waals surface area contributed by atoms with Crippen molar-refractivity contribution in [2.24, 2.45) is 5.41 Å². The fraction of sp³-hybridized carbons (Fsp3) is 0.290. The number of carbonyl (C=O) groups excluding carboxylic acids is 2. The highest BCUT2D eigenvalue weighted by Gasteiger charge is 2.42. The van der Waals surface area contributed by atoms with Crippen LogP contribution in [-0.2, 0) is 24.6 Å². The molecule has 0 N–H and O–H groups in total. The van der Waals surface area contributed by atoms with Gasteiger partial charge in [-0.25, -0.2) is 4.79 Å². The van der Waals surface area contributed by atoms with Crippen LogP contribution in [0, 0.1) is 5.41 Å². The van der Waals surface area contributed by atoms with Gasteiger partial charge in [0.2, 0.25) is 6.79 Å². The Labute approximate surface area is 213 Å². The summed E-state index contributed by atoms with van der Waals surface area (Å²) in [6.07, 6.45) is 2.46. The van der Waals surface area contributed by atoms with Gasteiger partial charge >= 0.3 is 11.9 Å². The number of nitrogens with zero attached hydrogens (tertiary/aromatic N) is 1. The number of ether oxygens (including phenoxy) is 2. The van der Waals surface area contributed by atoms with Crippen molar-refractivity contribution in [2.75, 3.05) is 19.9 Å². The Bertz CT molecular complexity index is 1100. The van der Waals surface area contributed by atoms with Gasteiger partial charge in [-0.05, 0) is 43.9 Å². The van der Waals surface area contributed by atoms with E-state index in [1.54, 1.807) is 20.8 Å². The third-order valence-corrected chi connectivity index (χ3v) is 6.51. The maximum atomic E-state index is 12.7. The first-order chi connectivity index (χ1) is 17.3. The summed E-state index contributed by atoms with van der Waals surface area (Å²) in [7, 11) is 0. The predicted octanol–water partition coefficient (Wildman–Crippen LogP) is 5.70. The van der Waals surface area contributed by atoms with Crippen molar-refractivity contribution in [3.05, 3.63) is 119 Å². The summed E-state index contributed by atoms with van der Waals surface area (Å²) in [5.41, 5.74) is 2.91. The van der Waals surface area contributed by atoms with E-state index < -0.39 is 22.9 Å². The van der Waals surface area contributed by atoms with Crippen LogP contribution in [0.4, 0.5) is 0 Å². The molecule has 186 valence electrons. The number of rotatable bonds is 7. The summed E-state index contributed by atoms with van der Waals surface area (Å²) in [5.74, 6) is -0.849. The van der Waals surface area contributed by atoms with Crippen LogP contribution >= 0.6 is 0 Å². The van der Waals surface area contributed by atoms with Crippen LogP contribution < -0.4 is 0 Å². The summed E-state index contributed by atoms with van der Waals surface area (Å²) < 4.78 is 10.4. The summed E-state index contributed by atoms with van der Waals surface area (Å²) in [6, 6.07) is 31.5. The normalized spacial score (nSPS) is 14.6. The summed E-state index contributed by atoms with van der Waals surface area (Å²) in [4.78, 5) is 27.0. The molecule has 0 aliphatic carbocycles. The monoisotopic (exact) mass is 483 g/mol.